The largest absolute Gasteiger partial charge is 0.493 e. The molecule has 1 saturated heterocycles. The number of halogens is 3. The zero-order valence-corrected chi connectivity index (χ0v) is 22.2. The van der Waals surface area contributed by atoms with Crippen LogP contribution >= 0.6 is 0 Å². The Labute approximate surface area is 219 Å². The third-order valence-corrected chi connectivity index (χ3v) is 8.10. The first-order chi connectivity index (χ1) is 17.9. The number of unbranched alkanes of at least 4 members (excludes halogenated alkanes) is 1. The zero-order valence-electron chi connectivity index (χ0n) is 22.2. The summed E-state index contributed by atoms with van der Waals surface area (Å²) in [5, 5.41) is 0. The molecule has 3 nitrogen and oxygen atoms in total. The summed E-state index contributed by atoms with van der Waals surface area (Å²) in [7, 11) is 0. The van der Waals surface area contributed by atoms with Crippen molar-refractivity contribution in [2.24, 2.45) is 11.8 Å². The first-order valence-electron chi connectivity index (χ1n) is 14.0. The van der Waals surface area contributed by atoms with Gasteiger partial charge in [0.25, 0.3) is 0 Å². The van der Waals surface area contributed by atoms with Crippen LogP contribution in [0.5, 0.6) is 11.5 Å². The van der Waals surface area contributed by atoms with E-state index in [9.17, 15) is 13.2 Å². The van der Waals surface area contributed by atoms with Crippen molar-refractivity contribution < 1.29 is 27.4 Å². The molecule has 1 aliphatic heterocycles. The van der Waals surface area contributed by atoms with E-state index >= 15 is 0 Å². The summed E-state index contributed by atoms with van der Waals surface area (Å²) in [6.07, 6.45) is 7.38. The molecule has 4 rings (SSSR count). The zero-order chi connectivity index (χ0) is 26.2. The van der Waals surface area contributed by atoms with Crippen molar-refractivity contribution >= 4 is 0 Å². The van der Waals surface area contributed by atoms with Gasteiger partial charge in [0, 0.05) is 12.5 Å². The van der Waals surface area contributed by atoms with Gasteiger partial charge in [-0.3, -0.25) is 0 Å². The molecular weight excluding hydrogens is 477 g/mol. The summed E-state index contributed by atoms with van der Waals surface area (Å²) in [6.45, 7) is 5.57. The highest BCUT2D eigenvalue weighted by atomic mass is 19.1. The molecule has 37 heavy (non-hydrogen) atoms. The molecule has 0 N–H and O–H groups in total. The predicted molar refractivity (Wildman–Crippen MR) is 140 cm³/mol. The Balaban J connectivity index is 1.24. The monoisotopic (exact) mass is 518 g/mol. The second-order valence-electron chi connectivity index (χ2n) is 10.8. The van der Waals surface area contributed by atoms with E-state index in [1.807, 2.05) is 0 Å². The van der Waals surface area contributed by atoms with E-state index in [1.54, 1.807) is 18.2 Å². The summed E-state index contributed by atoms with van der Waals surface area (Å²) in [5.41, 5.74) is 0.995. The molecule has 1 heterocycles. The van der Waals surface area contributed by atoms with Crippen LogP contribution in [0, 0.1) is 23.5 Å². The summed E-state index contributed by atoms with van der Waals surface area (Å²) in [5.74, 6) is 1.11. The number of rotatable bonds is 11. The molecule has 0 spiro atoms. The molecular formula is C31H41F3O3. The van der Waals surface area contributed by atoms with Crippen molar-refractivity contribution in [3.8, 4) is 11.5 Å². The first kappa shape index (κ1) is 27.8. The molecule has 1 aliphatic carbocycles. The molecule has 2 aromatic carbocycles. The van der Waals surface area contributed by atoms with Gasteiger partial charge in [-0.15, -0.1) is 0 Å². The van der Waals surface area contributed by atoms with Crippen LogP contribution < -0.4 is 9.47 Å². The maximum Gasteiger partial charge on any atom is 0.168 e. The van der Waals surface area contributed by atoms with Crippen molar-refractivity contribution in [1.82, 2.24) is 0 Å². The van der Waals surface area contributed by atoms with Crippen LogP contribution in [0.3, 0.4) is 0 Å². The molecule has 0 radical (unpaired) electrons. The molecule has 3 atom stereocenters. The molecule has 2 aliphatic rings. The summed E-state index contributed by atoms with van der Waals surface area (Å²) >= 11 is 0. The Kier molecular flexibility index (Phi) is 10.2. The molecule has 6 heteroatoms. The molecule has 0 aromatic heterocycles. The molecule has 0 bridgehead atoms. The van der Waals surface area contributed by atoms with E-state index in [4.69, 9.17) is 14.2 Å². The van der Waals surface area contributed by atoms with E-state index in [0.717, 1.165) is 51.6 Å². The fourth-order valence-corrected chi connectivity index (χ4v) is 5.71. The van der Waals surface area contributed by atoms with E-state index in [1.165, 1.54) is 24.6 Å². The van der Waals surface area contributed by atoms with E-state index in [2.05, 4.69) is 13.8 Å². The van der Waals surface area contributed by atoms with Gasteiger partial charge in [0.05, 0.1) is 25.9 Å². The smallest absolute Gasteiger partial charge is 0.168 e. The fraction of sp³-hybridized carbons (Fsp3) is 0.613. The van der Waals surface area contributed by atoms with Gasteiger partial charge < -0.3 is 14.2 Å². The highest BCUT2D eigenvalue weighted by molar-refractivity contribution is 5.33. The van der Waals surface area contributed by atoms with Crippen LogP contribution in [-0.4, -0.2) is 25.9 Å². The van der Waals surface area contributed by atoms with Gasteiger partial charge in [-0.25, -0.2) is 13.2 Å². The minimum atomic E-state index is -1.38. The average molecular weight is 519 g/mol. The lowest BCUT2D eigenvalue weighted by Gasteiger charge is -2.37. The third-order valence-electron chi connectivity index (χ3n) is 8.10. The standard InChI is InChI=1S/C31H41F3O3/c1-3-4-16-35-26-12-14-31(30(34)19-26)36-17-15-28(32)24-11-13-27(29(33)18-24)23-9-7-22(8-10-23)25-6-5-21(2)37-20-25/h11-14,18-19,21-23,25,28H,3-10,15-17,20H2,1-2H3. The topological polar surface area (TPSA) is 27.7 Å². The predicted octanol–water partition coefficient (Wildman–Crippen LogP) is 8.71. The number of benzene rings is 2. The Morgan fingerprint density at radius 3 is 2.35 bits per heavy atom. The Morgan fingerprint density at radius 1 is 0.892 bits per heavy atom. The van der Waals surface area contributed by atoms with Crippen LogP contribution in [0.15, 0.2) is 36.4 Å². The van der Waals surface area contributed by atoms with Gasteiger partial charge >= 0.3 is 0 Å². The SMILES string of the molecule is CCCCOc1ccc(OCCC(F)c2ccc(C3CCC(C4CCC(C)OC4)CC3)c(F)c2)c(F)c1. The number of alkyl halides is 1. The van der Waals surface area contributed by atoms with Crippen molar-refractivity contribution in [3.05, 3.63) is 59.2 Å². The van der Waals surface area contributed by atoms with E-state index in [0.29, 0.717) is 41.4 Å². The molecule has 3 unspecified atom stereocenters. The molecule has 0 amide bonds. The molecule has 2 fully saturated rings. The second-order valence-corrected chi connectivity index (χ2v) is 10.8. The summed E-state index contributed by atoms with van der Waals surface area (Å²) < 4.78 is 60.9. The van der Waals surface area contributed by atoms with Crippen LogP contribution in [0.25, 0.3) is 0 Å². The van der Waals surface area contributed by atoms with Crippen LogP contribution in [0.2, 0.25) is 0 Å². The lowest BCUT2D eigenvalue weighted by atomic mass is 9.72. The Hall–Kier alpha value is -2.21. The van der Waals surface area contributed by atoms with Crippen LogP contribution in [-0.2, 0) is 4.74 Å². The van der Waals surface area contributed by atoms with Crippen molar-refractivity contribution in [1.29, 1.82) is 0 Å². The van der Waals surface area contributed by atoms with Crippen molar-refractivity contribution in [3.63, 3.8) is 0 Å². The van der Waals surface area contributed by atoms with Gasteiger partial charge in [-0.05, 0) is 98.9 Å². The van der Waals surface area contributed by atoms with E-state index < -0.39 is 12.0 Å². The lowest BCUT2D eigenvalue weighted by Crippen LogP contribution is -2.31. The summed E-state index contributed by atoms with van der Waals surface area (Å²) in [4.78, 5) is 0. The molecule has 2 aromatic rings. The molecule has 204 valence electrons. The third kappa shape index (κ3) is 7.66. The van der Waals surface area contributed by atoms with Crippen molar-refractivity contribution in [2.75, 3.05) is 19.8 Å². The van der Waals surface area contributed by atoms with Crippen LogP contribution in [0.1, 0.15) is 94.9 Å². The summed E-state index contributed by atoms with van der Waals surface area (Å²) in [6, 6.07) is 9.19. The highest BCUT2D eigenvalue weighted by Gasteiger charge is 2.31. The quantitative estimate of drug-likeness (QED) is 0.278. The van der Waals surface area contributed by atoms with Gasteiger partial charge in [-0.2, -0.15) is 0 Å². The van der Waals surface area contributed by atoms with Crippen molar-refractivity contribution in [2.45, 2.75) is 89.8 Å². The Morgan fingerprint density at radius 2 is 1.68 bits per heavy atom. The van der Waals surface area contributed by atoms with Gasteiger partial charge in [-0.1, -0.05) is 25.5 Å². The average Bonchev–Trinajstić information content (AvgIpc) is 2.90. The van der Waals surface area contributed by atoms with Gasteiger partial charge in [0.15, 0.2) is 11.6 Å². The maximum absolute atomic E-state index is 15.0. The van der Waals surface area contributed by atoms with Gasteiger partial charge in [0.1, 0.15) is 17.7 Å². The van der Waals surface area contributed by atoms with Crippen LogP contribution in [0.4, 0.5) is 13.2 Å². The van der Waals surface area contributed by atoms with E-state index in [-0.39, 0.29) is 30.5 Å². The second kappa shape index (κ2) is 13.5. The normalized spacial score (nSPS) is 25.0. The molecule has 1 saturated carbocycles. The number of hydrogen-bond acceptors (Lipinski definition) is 3. The number of ether oxygens (including phenoxy) is 3. The fourth-order valence-electron chi connectivity index (χ4n) is 5.71. The van der Waals surface area contributed by atoms with Gasteiger partial charge in [0.2, 0.25) is 0 Å². The lowest BCUT2D eigenvalue weighted by molar-refractivity contribution is -0.0282. The highest BCUT2D eigenvalue weighted by Crippen LogP contribution is 2.42. The first-order valence-corrected chi connectivity index (χ1v) is 14.0. The maximum atomic E-state index is 15.0. The Bertz CT molecular complexity index is 982. The minimum Gasteiger partial charge on any atom is -0.493 e. The minimum absolute atomic E-state index is 0.00876. The number of hydrogen-bond donors (Lipinski definition) is 0.